The molecule has 0 atom stereocenters. The molecule has 0 spiro atoms. The second-order valence-corrected chi connectivity index (χ2v) is 6.33. The summed E-state index contributed by atoms with van der Waals surface area (Å²) in [6.45, 7) is -0.134. The van der Waals surface area contributed by atoms with Gasteiger partial charge in [0.05, 0.1) is 15.2 Å². The van der Waals surface area contributed by atoms with E-state index in [2.05, 4.69) is 37.2 Å². The van der Waals surface area contributed by atoms with Gasteiger partial charge in [-0.05, 0) is 52.3 Å². The van der Waals surface area contributed by atoms with Gasteiger partial charge in [0.1, 0.15) is 5.75 Å². The Labute approximate surface area is 143 Å². The molecular formula is C14H11Br2ClN2O2. The highest BCUT2D eigenvalue weighted by molar-refractivity contribution is 9.11. The van der Waals surface area contributed by atoms with E-state index in [4.69, 9.17) is 22.1 Å². The van der Waals surface area contributed by atoms with Crippen LogP contribution in [0.3, 0.4) is 0 Å². The zero-order valence-electron chi connectivity index (χ0n) is 10.7. The van der Waals surface area contributed by atoms with Crippen molar-refractivity contribution in [2.24, 2.45) is 0 Å². The SMILES string of the molecule is Nc1ccc(Cl)c(NC(=O)COc2ccc(Br)cc2Br)c1. The predicted molar refractivity (Wildman–Crippen MR) is 91.8 cm³/mol. The molecule has 0 fully saturated rings. The molecule has 110 valence electrons. The summed E-state index contributed by atoms with van der Waals surface area (Å²) in [5, 5.41) is 3.07. The van der Waals surface area contributed by atoms with Crippen LogP contribution < -0.4 is 15.8 Å². The van der Waals surface area contributed by atoms with Crippen LogP contribution in [0, 0.1) is 0 Å². The standard InChI is InChI=1S/C14H11Br2ClN2O2/c15-8-1-4-13(10(16)5-8)21-7-14(20)19-12-6-9(18)2-3-11(12)17/h1-6H,7,18H2,(H,19,20). The second kappa shape index (κ2) is 7.15. The lowest BCUT2D eigenvalue weighted by molar-refractivity contribution is -0.118. The molecule has 0 aliphatic carbocycles. The number of benzene rings is 2. The van der Waals surface area contributed by atoms with Gasteiger partial charge in [0.25, 0.3) is 5.91 Å². The number of amides is 1. The van der Waals surface area contributed by atoms with E-state index in [9.17, 15) is 4.79 Å². The van der Waals surface area contributed by atoms with Gasteiger partial charge in [-0.15, -0.1) is 0 Å². The summed E-state index contributed by atoms with van der Waals surface area (Å²) in [5.74, 6) is 0.254. The Morgan fingerprint density at radius 2 is 2.00 bits per heavy atom. The van der Waals surface area contributed by atoms with Gasteiger partial charge in [0.15, 0.2) is 6.61 Å². The van der Waals surface area contributed by atoms with Crippen molar-refractivity contribution >= 4 is 60.7 Å². The quantitative estimate of drug-likeness (QED) is 0.698. The van der Waals surface area contributed by atoms with Crippen LogP contribution in [0.25, 0.3) is 0 Å². The van der Waals surface area contributed by atoms with Gasteiger partial charge >= 0.3 is 0 Å². The first kappa shape index (κ1) is 16.1. The van der Waals surface area contributed by atoms with Crippen LogP contribution in [0.2, 0.25) is 5.02 Å². The molecule has 7 heteroatoms. The number of hydrogen-bond donors (Lipinski definition) is 2. The lowest BCUT2D eigenvalue weighted by Gasteiger charge is -2.10. The molecule has 0 aliphatic rings. The van der Waals surface area contributed by atoms with Gasteiger partial charge in [-0.25, -0.2) is 0 Å². The van der Waals surface area contributed by atoms with Crippen molar-refractivity contribution in [1.82, 2.24) is 0 Å². The molecular weight excluding hydrogens is 423 g/mol. The van der Waals surface area contributed by atoms with Crippen LogP contribution in [0.1, 0.15) is 0 Å². The van der Waals surface area contributed by atoms with Gasteiger partial charge in [0, 0.05) is 10.2 Å². The molecule has 0 unspecified atom stereocenters. The molecule has 2 aromatic carbocycles. The summed E-state index contributed by atoms with van der Waals surface area (Å²) >= 11 is 12.7. The number of nitrogens with two attached hydrogens (primary N) is 1. The molecule has 0 saturated heterocycles. The van der Waals surface area contributed by atoms with Crippen molar-refractivity contribution in [1.29, 1.82) is 0 Å². The smallest absolute Gasteiger partial charge is 0.262 e. The van der Waals surface area contributed by atoms with Gasteiger partial charge in [0.2, 0.25) is 0 Å². The molecule has 0 radical (unpaired) electrons. The number of carbonyl (C=O) groups excluding carboxylic acids is 1. The first-order chi connectivity index (χ1) is 9.95. The Kier molecular flexibility index (Phi) is 5.50. The maximum absolute atomic E-state index is 11.9. The maximum Gasteiger partial charge on any atom is 0.262 e. The molecule has 1 amide bonds. The summed E-state index contributed by atoms with van der Waals surface area (Å²) in [6.07, 6.45) is 0. The molecule has 0 aliphatic heterocycles. The van der Waals surface area contributed by atoms with Crippen molar-refractivity contribution < 1.29 is 9.53 Å². The Bertz CT molecular complexity index is 680. The predicted octanol–water partition coefficient (Wildman–Crippen LogP) is 4.46. The summed E-state index contributed by atoms with van der Waals surface area (Å²) < 4.78 is 7.11. The highest BCUT2D eigenvalue weighted by atomic mass is 79.9. The van der Waals surface area contributed by atoms with Crippen LogP contribution >= 0.6 is 43.5 Å². The zero-order chi connectivity index (χ0) is 15.4. The fraction of sp³-hybridized carbons (Fsp3) is 0.0714. The average molecular weight is 435 g/mol. The Morgan fingerprint density at radius 1 is 1.24 bits per heavy atom. The van der Waals surface area contributed by atoms with Crippen LogP contribution in [-0.4, -0.2) is 12.5 Å². The van der Waals surface area contributed by atoms with Crippen molar-refractivity contribution in [2.45, 2.75) is 0 Å². The van der Waals surface area contributed by atoms with Crippen LogP contribution in [0.4, 0.5) is 11.4 Å². The van der Waals surface area contributed by atoms with Gasteiger partial charge in [-0.1, -0.05) is 27.5 Å². The lowest BCUT2D eigenvalue weighted by atomic mass is 10.3. The Hall–Kier alpha value is -1.24. The van der Waals surface area contributed by atoms with Crippen molar-refractivity contribution in [3.05, 3.63) is 50.4 Å². The van der Waals surface area contributed by atoms with E-state index >= 15 is 0 Å². The molecule has 21 heavy (non-hydrogen) atoms. The van der Waals surface area contributed by atoms with E-state index in [-0.39, 0.29) is 12.5 Å². The largest absolute Gasteiger partial charge is 0.483 e. The number of anilines is 2. The summed E-state index contributed by atoms with van der Waals surface area (Å²) in [6, 6.07) is 10.3. The number of rotatable bonds is 4. The zero-order valence-corrected chi connectivity index (χ0v) is 14.6. The Balaban J connectivity index is 1.97. The van der Waals surface area contributed by atoms with Crippen molar-refractivity contribution in [3.63, 3.8) is 0 Å². The van der Waals surface area contributed by atoms with Gasteiger partial charge in [-0.3, -0.25) is 4.79 Å². The van der Waals surface area contributed by atoms with E-state index < -0.39 is 0 Å². The second-order valence-electron chi connectivity index (χ2n) is 4.15. The minimum absolute atomic E-state index is 0.134. The minimum Gasteiger partial charge on any atom is -0.483 e. The summed E-state index contributed by atoms with van der Waals surface area (Å²) in [7, 11) is 0. The number of halogens is 3. The number of carbonyl (C=O) groups is 1. The molecule has 2 rings (SSSR count). The average Bonchev–Trinajstić information content (AvgIpc) is 2.42. The molecule has 3 N–H and O–H groups in total. The molecule has 0 saturated carbocycles. The number of hydrogen-bond acceptors (Lipinski definition) is 3. The highest BCUT2D eigenvalue weighted by Gasteiger charge is 2.09. The third kappa shape index (κ3) is 4.62. The molecule has 0 bridgehead atoms. The third-order valence-electron chi connectivity index (χ3n) is 2.52. The molecule has 4 nitrogen and oxygen atoms in total. The molecule has 0 aromatic heterocycles. The van der Waals surface area contributed by atoms with E-state index in [1.165, 1.54) is 0 Å². The van der Waals surface area contributed by atoms with E-state index in [0.29, 0.717) is 22.1 Å². The van der Waals surface area contributed by atoms with Gasteiger partial charge < -0.3 is 15.8 Å². The van der Waals surface area contributed by atoms with E-state index in [0.717, 1.165) is 8.95 Å². The third-order valence-corrected chi connectivity index (χ3v) is 3.96. The summed E-state index contributed by atoms with van der Waals surface area (Å²) in [4.78, 5) is 11.9. The number of nitrogen functional groups attached to an aromatic ring is 1. The van der Waals surface area contributed by atoms with Crippen molar-refractivity contribution in [2.75, 3.05) is 17.7 Å². The maximum atomic E-state index is 11.9. The normalized spacial score (nSPS) is 10.2. The topological polar surface area (TPSA) is 64.3 Å². The van der Waals surface area contributed by atoms with Gasteiger partial charge in [-0.2, -0.15) is 0 Å². The van der Waals surface area contributed by atoms with Crippen LogP contribution in [-0.2, 0) is 4.79 Å². The number of ether oxygens (including phenoxy) is 1. The fourth-order valence-corrected chi connectivity index (χ4v) is 2.89. The fourth-order valence-electron chi connectivity index (χ4n) is 1.56. The van der Waals surface area contributed by atoms with E-state index in [1.54, 1.807) is 24.3 Å². The van der Waals surface area contributed by atoms with Crippen LogP contribution in [0.5, 0.6) is 5.75 Å². The van der Waals surface area contributed by atoms with Crippen LogP contribution in [0.15, 0.2) is 45.3 Å². The monoisotopic (exact) mass is 432 g/mol. The Morgan fingerprint density at radius 3 is 2.71 bits per heavy atom. The first-order valence-electron chi connectivity index (χ1n) is 5.88. The molecule has 2 aromatic rings. The lowest BCUT2D eigenvalue weighted by Crippen LogP contribution is -2.20. The minimum atomic E-state index is -0.322. The summed E-state index contributed by atoms with van der Waals surface area (Å²) in [5.41, 5.74) is 6.63. The molecule has 0 heterocycles. The van der Waals surface area contributed by atoms with E-state index in [1.807, 2.05) is 12.1 Å². The highest BCUT2D eigenvalue weighted by Crippen LogP contribution is 2.28. The first-order valence-corrected chi connectivity index (χ1v) is 7.85. The number of nitrogens with one attached hydrogen (secondary N) is 1. The van der Waals surface area contributed by atoms with Crippen molar-refractivity contribution in [3.8, 4) is 5.75 Å².